The molecule has 2 aromatic rings. The molecule has 1 aliphatic carbocycles. The Balaban J connectivity index is 1.45. The van der Waals surface area contributed by atoms with Crippen molar-refractivity contribution in [3.63, 3.8) is 0 Å². The summed E-state index contributed by atoms with van der Waals surface area (Å²) in [5.74, 6) is 0.704. The molecule has 112 valence electrons. The highest BCUT2D eigenvalue weighted by Crippen LogP contribution is 2.26. The van der Waals surface area contributed by atoms with Gasteiger partial charge in [0.25, 0.3) is 0 Å². The van der Waals surface area contributed by atoms with Crippen molar-refractivity contribution in [1.82, 2.24) is 15.5 Å². The molecule has 6 heteroatoms. The van der Waals surface area contributed by atoms with E-state index in [9.17, 15) is 4.79 Å². The van der Waals surface area contributed by atoms with Gasteiger partial charge in [-0.15, -0.1) is 11.3 Å². The number of carbonyl (C=O) groups excluding carboxylic acids is 1. The quantitative estimate of drug-likeness (QED) is 0.919. The van der Waals surface area contributed by atoms with Gasteiger partial charge < -0.3 is 9.84 Å². The number of hydrogen-bond acceptors (Lipinski definition) is 5. The van der Waals surface area contributed by atoms with Crippen molar-refractivity contribution in [3.05, 3.63) is 33.1 Å². The summed E-state index contributed by atoms with van der Waals surface area (Å²) >= 11 is 1.80. The first-order valence-electron chi connectivity index (χ1n) is 7.37. The standard InChI is InChI=1S/C15H19N3O2S/c1-10-8-11(18-20-10)9-14(19)16-7-6-15-17-12-4-2-3-5-13(12)21-15/h8H,2-7,9H2,1H3,(H,16,19). The zero-order chi connectivity index (χ0) is 14.7. The summed E-state index contributed by atoms with van der Waals surface area (Å²) in [5, 5.41) is 7.87. The third kappa shape index (κ3) is 3.69. The van der Waals surface area contributed by atoms with Crippen LogP contribution in [0.15, 0.2) is 10.6 Å². The smallest absolute Gasteiger partial charge is 0.226 e. The molecule has 0 unspecified atom stereocenters. The average molecular weight is 305 g/mol. The Morgan fingerprint density at radius 2 is 2.29 bits per heavy atom. The fraction of sp³-hybridized carbons (Fsp3) is 0.533. The summed E-state index contributed by atoms with van der Waals surface area (Å²) in [6, 6.07) is 1.79. The maximum atomic E-state index is 11.8. The van der Waals surface area contributed by atoms with Crippen LogP contribution >= 0.6 is 11.3 Å². The van der Waals surface area contributed by atoms with E-state index in [1.54, 1.807) is 17.4 Å². The lowest BCUT2D eigenvalue weighted by atomic mass is 10.0. The van der Waals surface area contributed by atoms with Crippen LogP contribution in [0.3, 0.4) is 0 Å². The molecule has 0 aliphatic heterocycles. The fourth-order valence-corrected chi connectivity index (χ4v) is 3.71. The summed E-state index contributed by atoms with van der Waals surface area (Å²) in [6.45, 7) is 2.45. The second kappa shape index (κ2) is 6.39. The number of nitrogens with zero attached hydrogens (tertiary/aromatic N) is 2. The second-order valence-corrected chi connectivity index (χ2v) is 6.56. The molecular weight excluding hydrogens is 286 g/mol. The average Bonchev–Trinajstić information content (AvgIpc) is 3.04. The van der Waals surface area contributed by atoms with Crippen molar-refractivity contribution in [2.75, 3.05) is 6.54 Å². The third-order valence-electron chi connectivity index (χ3n) is 3.57. The number of carbonyl (C=O) groups is 1. The molecule has 1 N–H and O–H groups in total. The van der Waals surface area contributed by atoms with Gasteiger partial charge in [0.2, 0.25) is 5.91 Å². The SMILES string of the molecule is Cc1cc(CC(=O)NCCc2nc3c(s2)CCCC3)no1. The van der Waals surface area contributed by atoms with Crippen molar-refractivity contribution in [3.8, 4) is 0 Å². The highest BCUT2D eigenvalue weighted by molar-refractivity contribution is 7.11. The Hall–Kier alpha value is -1.69. The minimum absolute atomic E-state index is 0.0235. The van der Waals surface area contributed by atoms with E-state index in [0.29, 0.717) is 12.2 Å². The van der Waals surface area contributed by atoms with E-state index in [2.05, 4.69) is 15.5 Å². The Bertz CT molecular complexity index is 609. The number of amides is 1. The van der Waals surface area contributed by atoms with Crippen LogP contribution in [-0.4, -0.2) is 22.6 Å². The van der Waals surface area contributed by atoms with Crippen LogP contribution in [-0.2, 0) is 30.5 Å². The van der Waals surface area contributed by atoms with Gasteiger partial charge in [0.05, 0.1) is 22.8 Å². The molecule has 1 amide bonds. The van der Waals surface area contributed by atoms with Crippen LogP contribution in [0, 0.1) is 6.92 Å². The Morgan fingerprint density at radius 1 is 1.43 bits per heavy atom. The van der Waals surface area contributed by atoms with Gasteiger partial charge in [-0.25, -0.2) is 4.98 Å². The lowest BCUT2D eigenvalue weighted by Gasteiger charge is -2.06. The fourth-order valence-electron chi connectivity index (χ4n) is 2.55. The molecule has 0 fully saturated rings. The zero-order valence-electron chi connectivity index (χ0n) is 12.1. The highest BCUT2D eigenvalue weighted by Gasteiger charge is 2.15. The molecule has 0 radical (unpaired) electrons. The monoisotopic (exact) mass is 305 g/mol. The molecule has 5 nitrogen and oxygen atoms in total. The first-order valence-corrected chi connectivity index (χ1v) is 8.19. The Morgan fingerprint density at radius 3 is 3.05 bits per heavy atom. The number of thiazole rings is 1. The minimum atomic E-state index is -0.0235. The van der Waals surface area contributed by atoms with E-state index in [4.69, 9.17) is 4.52 Å². The number of hydrogen-bond donors (Lipinski definition) is 1. The normalized spacial score (nSPS) is 14.0. The maximum Gasteiger partial charge on any atom is 0.226 e. The molecule has 3 rings (SSSR count). The molecule has 0 aromatic carbocycles. The Labute approximate surface area is 127 Å². The molecular formula is C15H19N3O2S. The van der Waals surface area contributed by atoms with Gasteiger partial charge >= 0.3 is 0 Å². The molecule has 0 saturated carbocycles. The number of aromatic nitrogens is 2. The van der Waals surface area contributed by atoms with E-state index in [0.717, 1.165) is 23.6 Å². The number of aryl methyl sites for hydroxylation is 3. The number of nitrogens with one attached hydrogen (secondary N) is 1. The molecule has 2 aromatic heterocycles. The van der Waals surface area contributed by atoms with Crippen LogP contribution in [0.25, 0.3) is 0 Å². The first kappa shape index (κ1) is 14.3. The van der Waals surface area contributed by atoms with Gasteiger partial charge in [-0.3, -0.25) is 4.79 Å². The van der Waals surface area contributed by atoms with Crippen LogP contribution in [0.2, 0.25) is 0 Å². The molecule has 21 heavy (non-hydrogen) atoms. The predicted molar refractivity (Wildman–Crippen MR) is 80.4 cm³/mol. The van der Waals surface area contributed by atoms with E-state index in [1.807, 2.05) is 6.92 Å². The van der Waals surface area contributed by atoms with Crippen LogP contribution in [0.4, 0.5) is 0 Å². The van der Waals surface area contributed by atoms with Gasteiger partial charge in [-0.1, -0.05) is 5.16 Å². The third-order valence-corrected chi connectivity index (χ3v) is 4.79. The molecule has 0 spiro atoms. The molecule has 2 heterocycles. The van der Waals surface area contributed by atoms with Crippen molar-refractivity contribution in [2.45, 2.75) is 45.4 Å². The summed E-state index contributed by atoms with van der Waals surface area (Å²) in [5.41, 5.74) is 1.96. The summed E-state index contributed by atoms with van der Waals surface area (Å²) < 4.78 is 4.95. The van der Waals surface area contributed by atoms with Gasteiger partial charge in [0, 0.05) is 23.9 Å². The summed E-state index contributed by atoms with van der Waals surface area (Å²) in [4.78, 5) is 17.9. The number of rotatable bonds is 5. The van der Waals surface area contributed by atoms with Crippen LogP contribution in [0.5, 0.6) is 0 Å². The van der Waals surface area contributed by atoms with Crippen molar-refractivity contribution >= 4 is 17.2 Å². The van der Waals surface area contributed by atoms with Crippen LogP contribution < -0.4 is 5.32 Å². The van der Waals surface area contributed by atoms with E-state index in [1.165, 1.54) is 29.8 Å². The minimum Gasteiger partial charge on any atom is -0.361 e. The Kier molecular flexibility index (Phi) is 4.34. The van der Waals surface area contributed by atoms with Gasteiger partial charge in [0.1, 0.15) is 5.76 Å². The number of fused-ring (bicyclic) bond motifs is 1. The maximum absolute atomic E-state index is 11.8. The molecule has 0 atom stereocenters. The van der Waals surface area contributed by atoms with E-state index in [-0.39, 0.29) is 12.3 Å². The van der Waals surface area contributed by atoms with Gasteiger partial charge in [-0.2, -0.15) is 0 Å². The summed E-state index contributed by atoms with van der Waals surface area (Å²) in [6.07, 6.45) is 5.90. The van der Waals surface area contributed by atoms with E-state index < -0.39 is 0 Å². The first-order chi connectivity index (χ1) is 10.2. The van der Waals surface area contributed by atoms with Crippen molar-refractivity contribution in [2.24, 2.45) is 0 Å². The molecule has 0 bridgehead atoms. The van der Waals surface area contributed by atoms with Crippen LogP contribution in [0.1, 0.15) is 39.9 Å². The lowest BCUT2D eigenvalue weighted by Crippen LogP contribution is -2.27. The zero-order valence-corrected chi connectivity index (χ0v) is 13.0. The second-order valence-electron chi connectivity index (χ2n) is 5.39. The molecule has 0 saturated heterocycles. The van der Waals surface area contributed by atoms with E-state index >= 15 is 0 Å². The molecule has 1 aliphatic rings. The van der Waals surface area contributed by atoms with Gasteiger partial charge in [-0.05, 0) is 32.6 Å². The summed E-state index contributed by atoms with van der Waals surface area (Å²) in [7, 11) is 0. The largest absolute Gasteiger partial charge is 0.361 e. The lowest BCUT2D eigenvalue weighted by molar-refractivity contribution is -0.120. The van der Waals surface area contributed by atoms with Crippen molar-refractivity contribution < 1.29 is 9.32 Å². The topological polar surface area (TPSA) is 68.0 Å². The highest BCUT2D eigenvalue weighted by atomic mass is 32.1. The predicted octanol–water partition coefficient (Wildman–Crippen LogP) is 2.22. The van der Waals surface area contributed by atoms with Gasteiger partial charge in [0.15, 0.2) is 0 Å². The van der Waals surface area contributed by atoms with Crippen molar-refractivity contribution in [1.29, 1.82) is 0 Å².